The third-order valence-electron chi connectivity index (χ3n) is 2.90. The standard InChI is InChI=1S/C14H11ClN2O4S/c15-12-6-5-11(22-12)14(19)17-16-13(18)10-7-20-8-3-1-2-4-9(8)21-10/h1-6,10H,7H2,(H,16,18)(H,17,19). The summed E-state index contributed by atoms with van der Waals surface area (Å²) in [4.78, 5) is 24.2. The molecule has 0 aliphatic carbocycles. The number of hydrazine groups is 1. The van der Waals surface area contributed by atoms with Crippen LogP contribution in [0.2, 0.25) is 4.34 Å². The highest BCUT2D eigenvalue weighted by atomic mass is 35.5. The van der Waals surface area contributed by atoms with Crippen LogP contribution in [0.4, 0.5) is 0 Å². The lowest BCUT2D eigenvalue weighted by Crippen LogP contribution is -2.50. The van der Waals surface area contributed by atoms with Gasteiger partial charge in [0, 0.05) is 0 Å². The summed E-state index contributed by atoms with van der Waals surface area (Å²) in [5.41, 5.74) is 4.62. The van der Waals surface area contributed by atoms with Gasteiger partial charge in [0.15, 0.2) is 11.5 Å². The smallest absolute Gasteiger partial charge is 0.283 e. The quantitative estimate of drug-likeness (QED) is 0.821. The Morgan fingerprint density at radius 3 is 2.64 bits per heavy atom. The fourth-order valence-corrected chi connectivity index (χ4v) is 2.78. The molecule has 0 spiro atoms. The van der Waals surface area contributed by atoms with Crippen molar-refractivity contribution in [3.63, 3.8) is 0 Å². The van der Waals surface area contributed by atoms with Crippen molar-refractivity contribution in [1.82, 2.24) is 10.9 Å². The van der Waals surface area contributed by atoms with E-state index < -0.39 is 17.9 Å². The number of hydrogen-bond donors (Lipinski definition) is 2. The summed E-state index contributed by atoms with van der Waals surface area (Å²) in [7, 11) is 0. The van der Waals surface area contributed by atoms with E-state index in [1.807, 2.05) is 6.07 Å². The average Bonchev–Trinajstić information content (AvgIpc) is 2.98. The lowest BCUT2D eigenvalue weighted by atomic mass is 10.2. The summed E-state index contributed by atoms with van der Waals surface area (Å²) < 4.78 is 11.5. The number of amides is 2. The van der Waals surface area contributed by atoms with Gasteiger partial charge < -0.3 is 9.47 Å². The van der Waals surface area contributed by atoms with Gasteiger partial charge >= 0.3 is 0 Å². The van der Waals surface area contributed by atoms with Crippen LogP contribution in [-0.2, 0) is 4.79 Å². The maximum Gasteiger partial charge on any atom is 0.283 e. The topological polar surface area (TPSA) is 76.7 Å². The van der Waals surface area contributed by atoms with Crippen LogP contribution in [0, 0.1) is 0 Å². The Morgan fingerprint density at radius 1 is 1.14 bits per heavy atom. The average molecular weight is 339 g/mol. The van der Waals surface area contributed by atoms with Crippen molar-refractivity contribution in [2.45, 2.75) is 6.10 Å². The monoisotopic (exact) mass is 338 g/mol. The molecule has 0 saturated carbocycles. The molecule has 3 rings (SSSR count). The number of rotatable bonds is 2. The molecule has 0 radical (unpaired) electrons. The molecule has 1 aromatic carbocycles. The lowest BCUT2D eigenvalue weighted by molar-refractivity contribution is -0.131. The van der Waals surface area contributed by atoms with Crippen LogP contribution in [-0.4, -0.2) is 24.5 Å². The Bertz CT molecular complexity index is 718. The van der Waals surface area contributed by atoms with Crippen LogP contribution in [0.15, 0.2) is 36.4 Å². The van der Waals surface area contributed by atoms with E-state index in [1.54, 1.807) is 30.3 Å². The zero-order valence-corrected chi connectivity index (χ0v) is 12.7. The van der Waals surface area contributed by atoms with E-state index in [1.165, 1.54) is 0 Å². The Morgan fingerprint density at radius 2 is 1.91 bits per heavy atom. The highest BCUT2D eigenvalue weighted by Gasteiger charge is 2.27. The third-order valence-corrected chi connectivity index (χ3v) is 4.13. The Balaban J connectivity index is 1.56. The van der Waals surface area contributed by atoms with Gasteiger partial charge in [-0.25, -0.2) is 0 Å². The summed E-state index contributed by atoms with van der Waals surface area (Å²) in [5.74, 6) is 0.141. The number of nitrogens with one attached hydrogen (secondary N) is 2. The Kier molecular flexibility index (Phi) is 4.17. The van der Waals surface area contributed by atoms with Gasteiger partial charge in [0.05, 0.1) is 9.21 Å². The van der Waals surface area contributed by atoms with Crippen LogP contribution >= 0.6 is 22.9 Å². The van der Waals surface area contributed by atoms with E-state index in [9.17, 15) is 9.59 Å². The molecule has 1 atom stereocenters. The van der Waals surface area contributed by atoms with Gasteiger partial charge in [0.1, 0.15) is 6.61 Å². The van der Waals surface area contributed by atoms with Crippen molar-refractivity contribution in [1.29, 1.82) is 0 Å². The zero-order chi connectivity index (χ0) is 15.5. The molecule has 22 heavy (non-hydrogen) atoms. The van der Waals surface area contributed by atoms with E-state index in [0.717, 1.165) is 11.3 Å². The second-order valence-electron chi connectivity index (χ2n) is 4.41. The minimum Gasteiger partial charge on any atom is -0.485 e. The number of carbonyl (C=O) groups is 2. The zero-order valence-electron chi connectivity index (χ0n) is 11.2. The van der Waals surface area contributed by atoms with Crippen LogP contribution in [0.1, 0.15) is 9.67 Å². The molecule has 6 nitrogen and oxygen atoms in total. The predicted molar refractivity (Wildman–Crippen MR) is 81.3 cm³/mol. The summed E-state index contributed by atoms with van der Waals surface area (Å²) in [6, 6.07) is 10.2. The molecule has 8 heteroatoms. The van der Waals surface area contributed by atoms with Crippen molar-refractivity contribution in [2.24, 2.45) is 0 Å². The maximum absolute atomic E-state index is 12.0. The first-order valence-corrected chi connectivity index (χ1v) is 7.57. The van der Waals surface area contributed by atoms with Gasteiger partial charge in [-0.1, -0.05) is 23.7 Å². The molecule has 0 saturated heterocycles. The maximum atomic E-state index is 12.0. The van der Waals surface area contributed by atoms with Crippen molar-refractivity contribution in [3.05, 3.63) is 45.6 Å². The minimum absolute atomic E-state index is 0.0730. The molecule has 0 bridgehead atoms. The van der Waals surface area contributed by atoms with Gasteiger partial charge in [-0.3, -0.25) is 20.4 Å². The fourth-order valence-electron chi connectivity index (χ4n) is 1.85. The first kappa shape index (κ1) is 14.7. The van der Waals surface area contributed by atoms with E-state index in [4.69, 9.17) is 21.1 Å². The number of halogens is 1. The molecule has 2 N–H and O–H groups in total. The van der Waals surface area contributed by atoms with Gasteiger partial charge in [-0.05, 0) is 24.3 Å². The number of para-hydroxylation sites is 2. The van der Waals surface area contributed by atoms with Crippen molar-refractivity contribution in [2.75, 3.05) is 6.61 Å². The number of fused-ring (bicyclic) bond motifs is 1. The van der Waals surface area contributed by atoms with Crippen molar-refractivity contribution >= 4 is 34.8 Å². The molecule has 1 aliphatic heterocycles. The molecular weight excluding hydrogens is 328 g/mol. The molecule has 1 aliphatic rings. The summed E-state index contributed by atoms with van der Waals surface area (Å²) >= 11 is 6.87. The molecule has 1 unspecified atom stereocenters. The first-order chi connectivity index (χ1) is 10.6. The second kappa shape index (κ2) is 6.25. The highest BCUT2D eigenvalue weighted by Crippen LogP contribution is 2.30. The number of carbonyl (C=O) groups excluding carboxylic acids is 2. The molecule has 1 aromatic heterocycles. The number of thiophene rings is 1. The molecule has 2 amide bonds. The molecule has 2 heterocycles. The van der Waals surface area contributed by atoms with E-state index in [2.05, 4.69) is 10.9 Å². The van der Waals surface area contributed by atoms with E-state index in [0.29, 0.717) is 20.7 Å². The van der Waals surface area contributed by atoms with Crippen LogP contribution in [0.5, 0.6) is 11.5 Å². The molecule has 0 fully saturated rings. The third kappa shape index (κ3) is 3.15. The van der Waals surface area contributed by atoms with Crippen LogP contribution in [0.3, 0.4) is 0 Å². The largest absolute Gasteiger partial charge is 0.485 e. The fraction of sp³-hybridized carbons (Fsp3) is 0.143. The lowest BCUT2D eigenvalue weighted by Gasteiger charge is -2.25. The first-order valence-electron chi connectivity index (χ1n) is 6.37. The van der Waals surface area contributed by atoms with Gasteiger partial charge in [0.25, 0.3) is 11.8 Å². The highest BCUT2D eigenvalue weighted by molar-refractivity contribution is 7.17. The summed E-state index contributed by atoms with van der Waals surface area (Å²) in [6.45, 7) is 0.0730. The predicted octanol–water partition coefficient (Wildman–Crippen LogP) is 2.00. The molecule has 2 aromatic rings. The molecule has 114 valence electrons. The van der Waals surface area contributed by atoms with Gasteiger partial charge in [0.2, 0.25) is 6.10 Å². The SMILES string of the molecule is O=C(NNC(=O)C1COc2ccccc2O1)c1ccc(Cl)s1. The van der Waals surface area contributed by atoms with Crippen LogP contribution < -0.4 is 20.3 Å². The molecular formula is C14H11ClN2O4S. The second-order valence-corrected chi connectivity index (χ2v) is 6.13. The van der Waals surface area contributed by atoms with Crippen molar-refractivity contribution in [3.8, 4) is 11.5 Å². The Hall–Kier alpha value is -2.25. The van der Waals surface area contributed by atoms with Crippen LogP contribution in [0.25, 0.3) is 0 Å². The minimum atomic E-state index is -0.831. The van der Waals surface area contributed by atoms with E-state index in [-0.39, 0.29) is 6.61 Å². The number of ether oxygens (including phenoxy) is 2. The normalized spacial score (nSPS) is 16.0. The van der Waals surface area contributed by atoms with E-state index >= 15 is 0 Å². The van der Waals surface area contributed by atoms with Crippen molar-refractivity contribution < 1.29 is 19.1 Å². The Labute approximate surface area is 135 Å². The number of hydrogen-bond acceptors (Lipinski definition) is 5. The summed E-state index contributed by atoms with van der Waals surface area (Å²) in [6.07, 6.45) is -0.831. The number of benzene rings is 1. The summed E-state index contributed by atoms with van der Waals surface area (Å²) in [5, 5.41) is 0. The van der Waals surface area contributed by atoms with Gasteiger partial charge in [-0.15, -0.1) is 11.3 Å². The van der Waals surface area contributed by atoms with Gasteiger partial charge in [-0.2, -0.15) is 0 Å².